The van der Waals surface area contributed by atoms with Gasteiger partial charge in [0.05, 0.1) is 0 Å². The fourth-order valence-electron chi connectivity index (χ4n) is 0.999. The van der Waals surface area contributed by atoms with Crippen LogP contribution < -0.4 is 0 Å². The zero-order valence-electron chi connectivity index (χ0n) is 6.52. The lowest BCUT2D eigenvalue weighted by atomic mass is 10.1. The predicted molar refractivity (Wildman–Crippen MR) is 38.0 cm³/mol. The Labute approximate surface area is 72.9 Å². The second kappa shape index (κ2) is 4.26. The number of nitrogens with zero attached hydrogens (tertiary/aromatic N) is 3. The van der Waals surface area contributed by atoms with Crippen LogP contribution in [0.4, 0.5) is 0 Å². The highest BCUT2D eigenvalue weighted by atomic mass is 16.7. The van der Waals surface area contributed by atoms with Crippen molar-refractivity contribution in [2.45, 2.75) is 24.6 Å². The van der Waals surface area contributed by atoms with Gasteiger partial charge in [-0.3, -0.25) is 0 Å². The van der Waals surface area contributed by atoms with Crippen molar-refractivity contribution in [3.63, 3.8) is 0 Å². The van der Waals surface area contributed by atoms with Crippen LogP contribution in [0.1, 0.15) is 0 Å². The molecule has 13 heavy (non-hydrogen) atoms. The molecule has 8 heteroatoms. The third kappa shape index (κ3) is 2.20. The summed E-state index contributed by atoms with van der Waals surface area (Å²) in [5, 5.41) is 29.8. The van der Waals surface area contributed by atoms with Gasteiger partial charge in [0.15, 0.2) is 6.29 Å². The molecule has 74 valence electrons. The normalized spacial score (nSPS) is 38.4. The molecule has 0 radical (unpaired) electrons. The van der Waals surface area contributed by atoms with Gasteiger partial charge >= 0.3 is 0 Å². The maximum atomic E-state index is 9.18. The number of aliphatic hydroxyl groups excluding tert-OH is 3. The molecular formula is C5H9N3O5. The minimum absolute atomic E-state index is 0.223. The molecule has 0 aliphatic carbocycles. The maximum absolute atomic E-state index is 9.18. The molecule has 0 aromatic heterocycles. The van der Waals surface area contributed by atoms with E-state index in [9.17, 15) is 5.11 Å². The number of rotatable bonds is 3. The Kier molecular flexibility index (Phi) is 3.29. The highest BCUT2D eigenvalue weighted by Gasteiger charge is 2.41. The average molecular weight is 191 g/mol. The van der Waals surface area contributed by atoms with Crippen molar-refractivity contribution in [3.8, 4) is 0 Å². The van der Waals surface area contributed by atoms with E-state index in [0.717, 1.165) is 0 Å². The SMILES string of the molecule is [N-]=[N+]=NOC[C@H]1O[C@H](O)[C@H](O)[C@@H]1O. The van der Waals surface area contributed by atoms with Gasteiger partial charge in [-0.05, 0) is 5.53 Å². The number of ether oxygens (including phenoxy) is 1. The van der Waals surface area contributed by atoms with Crippen LogP contribution in [-0.4, -0.2) is 46.5 Å². The minimum Gasteiger partial charge on any atom is -0.431 e. The second-order valence-corrected chi connectivity index (χ2v) is 2.51. The lowest BCUT2D eigenvalue weighted by Gasteiger charge is -2.11. The molecule has 1 rings (SSSR count). The molecule has 3 N–H and O–H groups in total. The van der Waals surface area contributed by atoms with Crippen LogP contribution in [0, 0.1) is 0 Å². The van der Waals surface area contributed by atoms with E-state index >= 15 is 0 Å². The van der Waals surface area contributed by atoms with E-state index in [0.29, 0.717) is 0 Å². The van der Waals surface area contributed by atoms with Crippen LogP contribution in [0.15, 0.2) is 5.28 Å². The lowest BCUT2D eigenvalue weighted by Crippen LogP contribution is -2.34. The Morgan fingerprint density at radius 1 is 1.38 bits per heavy atom. The van der Waals surface area contributed by atoms with Crippen LogP contribution in [0.25, 0.3) is 10.4 Å². The van der Waals surface area contributed by atoms with E-state index in [4.69, 9.17) is 15.7 Å². The molecule has 1 heterocycles. The van der Waals surface area contributed by atoms with Gasteiger partial charge in [-0.1, -0.05) is 0 Å². The van der Waals surface area contributed by atoms with Crippen LogP contribution in [0.3, 0.4) is 0 Å². The Balaban J connectivity index is 2.39. The molecule has 0 unspecified atom stereocenters. The summed E-state index contributed by atoms with van der Waals surface area (Å²) in [6, 6.07) is 0. The van der Waals surface area contributed by atoms with Gasteiger partial charge in [0.2, 0.25) is 0 Å². The van der Waals surface area contributed by atoms with Crippen molar-refractivity contribution in [2.75, 3.05) is 6.61 Å². The molecule has 0 amide bonds. The summed E-state index contributed by atoms with van der Waals surface area (Å²) >= 11 is 0. The Hall–Kier alpha value is -1.05. The van der Waals surface area contributed by atoms with E-state index in [-0.39, 0.29) is 6.61 Å². The van der Waals surface area contributed by atoms with Gasteiger partial charge in [0.1, 0.15) is 30.2 Å². The quantitative estimate of drug-likeness (QED) is 0.220. The van der Waals surface area contributed by atoms with E-state index < -0.39 is 24.6 Å². The van der Waals surface area contributed by atoms with E-state index in [1.165, 1.54) is 0 Å². The first-order chi connectivity index (χ1) is 6.16. The number of hydrogen-bond donors (Lipinski definition) is 3. The summed E-state index contributed by atoms with van der Waals surface area (Å²) in [4.78, 5) is 6.64. The summed E-state index contributed by atoms with van der Waals surface area (Å²) in [6.45, 7) is -0.223. The third-order valence-corrected chi connectivity index (χ3v) is 1.67. The fourth-order valence-corrected chi connectivity index (χ4v) is 0.999. The molecule has 1 fully saturated rings. The Bertz CT molecular complexity index is 218. The smallest absolute Gasteiger partial charge is 0.184 e. The van der Waals surface area contributed by atoms with Crippen molar-refractivity contribution in [1.82, 2.24) is 0 Å². The predicted octanol–water partition coefficient (Wildman–Crippen LogP) is -1.33. The Morgan fingerprint density at radius 2 is 2.08 bits per heavy atom. The Morgan fingerprint density at radius 3 is 2.54 bits per heavy atom. The zero-order valence-corrected chi connectivity index (χ0v) is 6.52. The number of azide groups is 1. The second-order valence-electron chi connectivity index (χ2n) is 2.51. The first-order valence-electron chi connectivity index (χ1n) is 3.53. The van der Waals surface area contributed by atoms with E-state index in [1.54, 1.807) is 0 Å². The third-order valence-electron chi connectivity index (χ3n) is 1.67. The number of aliphatic hydroxyl groups is 3. The highest BCUT2D eigenvalue weighted by molar-refractivity contribution is 4.85. The largest absolute Gasteiger partial charge is 0.431 e. The summed E-state index contributed by atoms with van der Waals surface area (Å²) in [6.07, 6.45) is -4.94. The van der Waals surface area contributed by atoms with Crippen molar-refractivity contribution >= 4 is 0 Å². The van der Waals surface area contributed by atoms with E-state index in [2.05, 4.69) is 19.8 Å². The molecule has 4 atom stereocenters. The molecule has 1 aliphatic heterocycles. The summed E-state index contributed by atoms with van der Waals surface area (Å²) in [5.74, 6) is 0. The van der Waals surface area contributed by atoms with Gasteiger partial charge in [-0.25, -0.2) is 0 Å². The monoisotopic (exact) mass is 191 g/mol. The van der Waals surface area contributed by atoms with Gasteiger partial charge in [0, 0.05) is 4.91 Å². The first-order valence-corrected chi connectivity index (χ1v) is 3.53. The van der Waals surface area contributed by atoms with Crippen LogP contribution in [-0.2, 0) is 9.57 Å². The molecule has 0 aromatic carbocycles. The molecule has 0 bridgehead atoms. The fraction of sp³-hybridized carbons (Fsp3) is 1.00. The molecule has 0 aromatic rings. The molecule has 1 aliphatic rings. The van der Waals surface area contributed by atoms with Crippen molar-refractivity contribution in [1.29, 1.82) is 0 Å². The standard InChI is InChI=1S/C5H9N3O5/c6-7-8-12-1-2-3(9)4(10)5(11)13-2/h2-5,9-11H,1H2/t2-,3-,4-,5+/m1/s1. The van der Waals surface area contributed by atoms with Crippen LogP contribution in [0.2, 0.25) is 0 Å². The number of hydrogen-bond acceptors (Lipinski definition) is 6. The lowest BCUT2D eigenvalue weighted by molar-refractivity contribution is -0.137. The molecule has 8 nitrogen and oxygen atoms in total. The highest BCUT2D eigenvalue weighted by Crippen LogP contribution is 2.19. The summed E-state index contributed by atoms with van der Waals surface area (Å²) in [7, 11) is 0. The maximum Gasteiger partial charge on any atom is 0.184 e. The molecule has 0 spiro atoms. The van der Waals surface area contributed by atoms with Crippen molar-refractivity contribution in [3.05, 3.63) is 10.4 Å². The summed E-state index contributed by atoms with van der Waals surface area (Å²) in [5.41, 5.74) is 7.84. The van der Waals surface area contributed by atoms with Gasteiger partial charge < -0.3 is 24.9 Å². The topological polar surface area (TPSA) is 128 Å². The van der Waals surface area contributed by atoms with Crippen LogP contribution in [0.5, 0.6) is 0 Å². The van der Waals surface area contributed by atoms with Gasteiger partial charge in [-0.2, -0.15) is 0 Å². The van der Waals surface area contributed by atoms with Crippen molar-refractivity contribution in [2.24, 2.45) is 5.28 Å². The summed E-state index contributed by atoms with van der Waals surface area (Å²) < 4.78 is 4.68. The zero-order chi connectivity index (χ0) is 9.84. The van der Waals surface area contributed by atoms with Gasteiger partial charge in [0.25, 0.3) is 0 Å². The minimum atomic E-state index is -1.44. The van der Waals surface area contributed by atoms with Crippen molar-refractivity contribution < 1.29 is 24.9 Å². The van der Waals surface area contributed by atoms with Crippen LogP contribution >= 0.6 is 0 Å². The molecular weight excluding hydrogens is 182 g/mol. The molecule has 0 saturated carbocycles. The van der Waals surface area contributed by atoms with E-state index in [1.807, 2.05) is 0 Å². The molecule has 1 saturated heterocycles. The first kappa shape index (κ1) is 10.0. The van der Waals surface area contributed by atoms with Gasteiger partial charge in [-0.15, -0.1) is 0 Å². The average Bonchev–Trinajstić information content (AvgIpc) is 2.34.